The predicted octanol–water partition coefficient (Wildman–Crippen LogP) is 4.37. The number of esters is 1. The molecule has 0 bridgehead atoms. The van der Waals surface area contributed by atoms with Crippen molar-refractivity contribution in [2.24, 2.45) is 0 Å². The molecule has 0 atom stereocenters. The molecule has 2 heterocycles. The van der Waals surface area contributed by atoms with Crippen molar-refractivity contribution >= 4 is 16.7 Å². The van der Waals surface area contributed by atoms with Crippen molar-refractivity contribution in [3.8, 4) is 11.5 Å². The van der Waals surface area contributed by atoms with Crippen LogP contribution in [0.15, 0.2) is 75.9 Å². The number of rotatable bonds is 5. The number of ether oxygens (including phenoxy) is 1. The lowest BCUT2D eigenvalue weighted by molar-refractivity contribution is -0.144. The molecule has 5 nitrogen and oxygen atoms in total. The number of carbonyl (C=O) groups excluding carboxylic acids is 1. The van der Waals surface area contributed by atoms with Crippen LogP contribution in [-0.2, 0) is 22.6 Å². The molecule has 2 aromatic heterocycles. The lowest BCUT2D eigenvalue weighted by Crippen LogP contribution is -2.08. The van der Waals surface area contributed by atoms with E-state index in [-0.39, 0.29) is 19.0 Å². The van der Waals surface area contributed by atoms with Gasteiger partial charge in [0.25, 0.3) is 0 Å². The summed E-state index contributed by atoms with van der Waals surface area (Å²) < 4.78 is 15.7. The van der Waals surface area contributed by atoms with Crippen molar-refractivity contribution in [3.63, 3.8) is 0 Å². The van der Waals surface area contributed by atoms with Crippen molar-refractivity contribution in [2.75, 3.05) is 0 Å². The monoisotopic (exact) mass is 333 g/mol. The summed E-state index contributed by atoms with van der Waals surface area (Å²) in [4.78, 5) is 12.1. The third-order valence-electron chi connectivity index (χ3n) is 3.87. The van der Waals surface area contributed by atoms with Gasteiger partial charge in [-0.25, -0.2) is 0 Å². The van der Waals surface area contributed by atoms with Crippen molar-refractivity contribution in [1.82, 2.24) is 5.16 Å². The van der Waals surface area contributed by atoms with Gasteiger partial charge >= 0.3 is 5.97 Å². The van der Waals surface area contributed by atoms with E-state index in [1.807, 2.05) is 42.5 Å². The summed E-state index contributed by atoms with van der Waals surface area (Å²) in [6.07, 6.45) is 1.77. The van der Waals surface area contributed by atoms with E-state index < -0.39 is 0 Å². The molecule has 5 heteroatoms. The largest absolute Gasteiger partial charge is 0.461 e. The van der Waals surface area contributed by atoms with Gasteiger partial charge in [0.05, 0.1) is 12.7 Å². The van der Waals surface area contributed by atoms with Crippen LogP contribution < -0.4 is 0 Å². The number of carbonyl (C=O) groups is 1. The maximum atomic E-state index is 12.1. The molecule has 0 fully saturated rings. The minimum atomic E-state index is -0.308. The van der Waals surface area contributed by atoms with E-state index in [1.54, 1.807) is 24.5 Å². The molecule has 0 N–H and O–H groups in total. The van der Waals surface area contributed by atoms with Gasteiger partial charge in [-0.3, -0.25) is 4.79 Å². The predicted molar refractivity (Wildman–Crippen MR) is 91.7 cm³/mol. The smallest absolute Gasteiger partial charge is 0.310 e. The van der Waals surface area contributed by atoms with E-state index >= 15 is 0 Å². The standard InChI is InChI=1S/C20H15NO4/c22-20(11-14-7-8-15-4-1-2-5-16(15)10-14)24-13-17-12-19(25-21-17)18-6-3-9-23-18/h1-10,12H,11,13H2. The second-order valence-electron chi connectivity index (χ2n) is 5.68. The Labute approximate surface area is 143 Å². The number of hydrogen-bond donors (Lipinski definition) is 0. The number of hydrogen-bond acceptors (Lipinski definition) is 5. The molecule has 0 amide bonds. The van der Waals surface area contributed by atoms with Gasteiger partial charge in [-0.2, -0.15) is 0 Å². The number of fused-ring (bicyclic) bond motifs is 1. The summed E-state index contributed by atoms with van der Waals surface area (Å²) in [7, 11) is 0. The molecule has 0 aliphatic heterocycles. The summed E-state index contributed by atoms with van der Waals surface area (Å²) >= 11 is 0. The molecule has 0 aliphatic rings. The van der Waals surface area contributed by atoms with Gasteiger partial charge in [-0.05, 0) is 28.5 Å². The highest BCUT2D eigenvalue weighted by Gasteiger charge is 2.11. The first-order chi connectivity index (χ1) is 12.3. The van der Waals surface area contributed by atoms with Crippen LogP contribution in [-0.4, -0.2) is 11.1 Å². The number of furan rings is 1. The Morgan fingerprint density at radius 3 is 2.68 bits per heavy atom. The first-order valence-corrected chi connectivity index (χ1v) is 7.91. The van der Waals surface area contributed by atoms with E-state index in [0.717, 1.165) is 16.3 Å². The summed E-state index contributed by atoms with van der Waals surface area (Å²) in [5.74, 6) is 0.782. The first-order valence-electron chi connectivity index (χ1n) is 7.91. The average molecular weight is 333 g/mol. The molecule has 0 aliphatic carbocycles. The second-order valence-corrected chi connectivity index (χ2v) is 5.68. The van der Waals surface area contributed by atoms with Crippen molar-refractivity contribution in [1.29, 1.82) is 0 Å². The topological polar surface area (TPSA) is 65.5 Å². The Morgan fingerprint density at radius 1 is 0.960 bits per heavy atom. The Kier molecular flexibility index (Phi) is 4.04. The molecule has 2 aromatic carbocycles. The van der Waals surface area contributed by atoms with Gasteiger partial charge in [0.1, 0.15) is 12.3 Å². The first kappa shape index (κ1) is 15.2. The maximum Gasteiger partial charge on any atom is 0.310 e. The van der Waals surface area contributed by atoms with E-state index in [1.165, 1.54) is 0 Å². The summed E-state index contributed by atoms with van der Waals surface area (Å²) in [5.41, 5.74) is 1.46. The molecule has 0 saturated heterocycles. The van der Waals surface area contributed by atoms with E-state index in [2.05, 4.69) is 5.16 Å². The molecule has 0 unspecified atom stereocenters. The highest BCUT2D eigenvalue weighted by Crippen LogP contribution is 2.21. The Hall–Kier alpha value is -3.34. The van der Waals surface area contributed by atoms with Gasteiger partial charge in [0, 0.05) is 6.07 Å². The van der Waals surface area contributed by atoms with Gasteiger partial charge < -0.3 is 13.7 Å². The maximum absolute atomic E-state index is 12.1. The minimum Gasteiger partial charge on any atom is -0.461 e. The van der Waals surface area contributed by atoms with Crippen LogP contribution in [0.3, 0.4) is 0 Å². The molecule has 0 saturated carbocycles. The third-order valence-corrected chi connectivity index (χ3v) is 3.87. The van der Waals surface area contributed by atoms with Crippen LogP contribution in [0.4, 0.5) is 0 Å². The van der Waals surface area contributed by atoms with Crippen LogP contribution in [0.25, 0.3) is 22.3 Å². The van der Waals surface area contributed by atoms with Crippen LogP contribution in [0.5, 0.6) is 0 Å². The Morgan fingerprint density at radius 2 is 1.84 bits per heavy atom. The lowest BCUT2D eigenvalue weighted by Gasteiger charge is -2.04. The van der Waals surface area contributed by atoms with Crippen molar-refractivity contribution in [3.05, 3.63) is 78.2 Å². The summed E-state index contributed by atoms with van der Waals surface area (Å²) in [6.45, 7) is 0.0661. The van der Waals surface area contributed by atoms with E-state index in [4.69, 9.17) is 13.7 Å². The fraction of sp³-hybridized carbons (Fsp3) is 0.100. The SMILES string of the molecule is O=C(Cc1ccc2ccccc2c1)OCc1cc(-c2ccco2)on1. The number of benzene rings is 2. The van der Waals surface area contributed by atoms with Crippen molar-refractivity contribution in [2.45, 2.75) is 13.0 Å². The van der Waals surface area contributed by atoms with E-state index in [9.17, 15) is 4.79 Å². The molecule has 0 radical (unpaired) electrons. The van der Waals surface area contributed by atoms with E-state index in [0.29, 0.717) is 17.2 Å². The Balaban J connectivity index is 1.37. The average Bonchev–Trinajstić information content (AvgIpc) is 3.31. The number of nitrogens with zero attached hydrogens (tertiary/aromatic N) is 1. The molecular weight excluding hydrogens is 318 g/mol. The fourth-order valence-electron chi connectivity index (χ4n) is 2.64. The van der Waals surface area contributed by atoms with Gasteiger partial charge in [-0.15, -0.1) is 0 Å². The zero-order valence-electron chi connectivity index (χ0n) is 13.3. The summed E-state index contributed by atoms with van der Waals surface area (Å²) in [5, 5.41) is 6.13. The molecule has 0 spiro atoms. The second kappa shape index (κ2) is 6.65. The van der Waals surface area contributed by atoms with Crippen LogP contribution >= 0.6 is 0 Å². The van der Waals surface area contributed by atoms with Gasteiger partial charge in [0.2, 0.25) is 5.76 Å². The van der Waals surface area contributed by atoms with Crippen LogP contribution in [0.1, 0.15) is 11.3 Å². The number of aromatic nitrogens is 1. The molecule has 124 valence electrons. The van der Waals surface area contributed by atoms with Gasteiger partial charge in [0.15, 0.2) is 5.76 Å². The normalized spacial score (nSPS) is 10.9. The zero-order valence-corrected chi connectivity index (χ0v) is 13.3. The van der Waals surface area contributed by atoms with Crippen molar-refractivity contribution < 1.29 is 18.5 Å². The molecule has 4 aromatic rings. The minimum absolute atomic E-state index is 0.0661. The lowest BCUT2D eigenvalue weighted by atomic mass is 10.1. The highest BCUT2D eigenvalue weighted by atomic mass is 16.5. The Bertz CT molecular complexity index is 1000. The zero-order chi connectivity index (χ0) is 17.1. The highest BCUT2D eigenvalue weighted by molar-refractivity contribution is 5.84. The fourth-order valence-corrected chi connectivity index (χ4v) is 2.64. The molecule has 4 rings (SSSR count). The van der Waals surface area contributed by atoms with Gasteiger partial charge in [-0.1, -0.05) is 47.6 Å². The molecule has 25 heavy (non-hydrogen) atoms. The third kappa shape index (κ3) is 3.45. The molecular formula is C20H15NO4. The van der Waals surface area contributed by atoms with Crippen LogP contribution in [0.2, 0.25) is 0 Å². The summed E-state index contributed by atoms with van der Waals surface area (Å²) in [6, 6.07) is 19.2. The van der Waals surface area contributed by atoms with Crippen LogP contribution in [0, 0.1) is 0 Å². The quantitative estimate of drug-likeness (QED) is 0.507.